The highest BCUT2D eigenvalue weighted by atomic mass is 31.2. The maximum atomic E-state index is 14.1. The van der Waals surface area contributed by atoms with Crippen molar-refractivity contribution in [1.29, 1.82) is 0 Å². The molecule has 0 bridgehead atoms. The minimum atomic E-state index is -5.45. The van der Waals surface area contributed by atoms with Gasteiger partial charge in [-0.3, -0.25) is 32.7 Å². The number of nitrogens with one attached hydrogen (secondary N) is 1. The first-order valence-electron chi connectivity index (χ1n) is 13.3. The lowest BCUT2D eigenvalue weighted by molar-refractivity contribution is -0.262. The Balaban J connectivity index is 2.05. The Labute approximate surface area is 255 Å². The number of phosphoric acid groups is 1. The molecular weight excluding hydrogens is 630 g/mol. The Hall–Kier alpha value is -3.82. The number of carbonyl (C=O) groups is 4. The van der Waals surface area contributed by atoms with Gasteiger partial charge in [-0.25, -0.2) is 4.57 Å². The fourth-order valence-corrected chi connectivity index (χ4v) is 5.31. The van der Waals surface area contributed by atoms with Crippen molar-refractivity contribution in [2.24, 2.45) is 0 Å². The molecule has 0 saturated carbocycles. The van der Waals surface area contributed by atoms with Crippen LogP contribution in [0.15, 0.2) is 60.7 Å². The molecule has 13 nitrogen and oxygen atoms in total. The summed E-state index contributed by atoms with van der Waals surface area (Å²) in [6, 6.07) is 14.5. The number of rotatable bonds is 13. The summed E-state index contributed by atoms with van der Waals surface area (Å²) in [4.78, 5) is 47.7. The predicted octanol–water partition coefficient (Wildman–Crippen LogP) is 3.74. The molecule has 246 valence electrons. The lowest BCUT2D eigenvalue weighted by Crippen LogP contribution is -2.67. The molecule has 1 aliphatic heterocycles. The van der Waals surface area contributed by atoms with Crippen LogP contribution in [0.3, 0.4) is 0 Å². The van der Waals surface area contributed by atoms with E-state index in [0.29, 0.717) is 11.1 Å². The number of esters is 3. The van der Waals surface area contributed by atoms with Gasteiger partial charge in [0.25, 0.3) is 0 Å². The summed E-state index contributed by atoms with van der Waals surface area (Å²) in [5.74, 6) is -5.40. The zero-order chi connectivity index (χ0) is 33.2. The maximum absolute atomic E-state index is 14.1. The molecule has 5 atom stereocenters. The Bertz CT molecular complexity index is 1310. The Kier molecular flexibility index (Phi) is 12.6. The SMILES string of the molecule is CC(=O)OC[C@H]1O[C@@H](OP(=O)(OCc2ccccc2)OCc2ccccc2)[C@H](NC(=O)C(F)(F)F)[C@@H](OC(C)=O)[C@@H]1OC(C)=O. The van der Waals surface area contributed by atoms with E-state index >= 15 is 0 Å². The first-order chi connectivity index (χ1) is 21.2. The summed E-state index contributed by atoms with van der Waals surface area (Å²) >= 11 is 0. The van der Waals surface area contributed by atoms with Crippen LogP contribution in [-0.2, 0) is 69.5 Å². The van der Waals surface area contributed by atoms with Crippen molar-refractivity contribution < 1.29 is 69.4 Å². The number of benzene rings is 2. The molecule has 3 rings (SSSR count). The van der Waals surface area contributed by atoms with E-state index in [1.165, 1.54) is 0 Å². The molecule has 0 aromatic heterocycles. The van der Waals surface area contributed by atoms with E-state index in [9.17, 15) is 36.9 Å². The van der Waals surface area contributed by atoms with Gasteiger partial charge in [-0.05, 0) is 11.1 Å². The Morgan fingerprint density at radius 1 is 0.800 bits per heavy atom. The highest BCUT2D eigenvalue weighted by molar-refractivity contribution is 7.48. The van der Waals surface area contributed by atoms with E-state index in [1.807, 2.05) is 0 Å². The minimum Gasteiger partial charge on any atom is -0.463 e. The molecule has 0 radical (unpaired) electrons. The first kappa shape index (κ1) is 35.7. The van der Waals surface area contributed by atoms with Crippen LogP contribution < -0.4 is 5.32 Å². The quantitative estimate of drug-likeness (QED) is 0.188. The highest BCUT2D eigenvalue weighted by Gasteiger charge is 2.55. The van der Waals surface area contributed by atoms with Crippen LogP contribution in [0.5, 0.6) is 0 Å². The minimum absolute atomic E-state index is 0.362. The topological polar surface area (TPSA) is 162 Å². The zero-order valence-corrected chi connectivity index (χ0v) is 25.2. The predicted molar refractivity (Wildman–Crippen MR) is 146 cm³/mol. The number of hydrogen-bond donors (Lipinski definition) is 1. The number of carbonyl (C=O) groups excluding carboxylic acids is 4. The summed E-state index contributed by atoms with van der Waals surface area (Å²) in [5.41, 5.74) is 1.02. The van der Waals surface area contributed by atoms with Crippen LogP contribution in [0.4, 0.5) is 13.2 Å². The lowest BCUT2D eigenvalue weighted by Gasteiger charge is -2.45. The van der Waals surface area contributed by atoms with Crippen LogP contribution in [-0.4, -0.2) is 67.2 Å². The number of halogens is 3. The van der Waals surface area contributed by atoms with E-state index in [-0.39, 0.29) is 13.2 Å². The van der Waals surface area contributed by atoms with E-state index in [4.69, 9.17) is 32.5 Å². The molecule has 1 N–H and O–H groups in total. The second-order valence-corrected chi connectivity index (χ2v) is 11.2. The van der Waals surface area contributed by atoms with Crippen LogP contribution >= 0.6 is 7.82 Å². The van der Waals surface area contributed by atoms with Crippen molar-refractivity contribution in [3.63, 3.8) is 0 Å². The molecule has 1 amide bonds. The average molecular weight is 662 g/mol. The summed E-state index contributed by atoms with van der Waals surface area (Å²) in [5, 5.41) is 1.60. The molecule has 2 aromatic carbocycles. The zero-order valence-electron chi connectivity index (χ0n) is 24.3. The van der Waals surface area contributed by atoms with E-state index in [1.54, 1.807) is 66.0 Å². The normalized spacial score (nSPS) is 21.8. The molecule has 0 spiro atoms. The summed E-state index contributed by atoms with van der Waals surface area (Å²) in [6.45, 7) is 1.47. The third-order valence-electron chi connectivity index (χ3n) is 5.95. The number of ether oxygens (including phenoxy) is 4. The van der Waals surface area contributed by atoms with Crippen molar-refractivity contribution in [2.45, 2.75) is 70.8 Å². The summed E-state index contributed by atoms with van der Waals surface area (Å²) in [6.07, 6.45) is -12.9. The van der Waals surface area contributed by atoms with Gasteiger partial charge in [-0.1, -0.05) is 60.7 Å². The van der Waals surface area contributed by atoms with E-state index in [0.717, 1.165) is 20.8 Å². The van der Waals surface area contributed by atoms with Gasteiger partial charge in [0.1, 0.15) is 18.8 Å². The molecule has 2 aromatic rings. The maximum Gasteiger partial charge on any atom is 0.477 e. The Morgan fingerprint density at radius 2 is 1.29 bits per heavy atom. The van der Waals surface area contributed by atoms with Gasteiger partial charge in [-0.15, -0.1) is 0 Å². The number of hydrogen-bond acceptors (Lipinski definition) is 12. The first-order valence-corrected chi connectivity index (χ1v) is 14.8. The molecule has 1 fully saturated rings. The molecule has 1 heterocycles. The van der Waals surface area contributed by atoms with Gasteiger partial charge in [0.2, 0.25) is 0 Å². The second kappa shape index (κ2) is 16.0. The highest BCUT2D eigenvalue weighted by Crippen LogP contribution is 2.53. The van der Waals surface area contributed by atoms with Crippen LogP contribution in [0.1, 0.15) is 31.9 Å². The summed E-state index contributed by atoms with van der Waals surface area (Å²) < 4.78 is 92.0. The Morgan fingerprint density at radius 3 is 1.73 bits per heavy atom. The molecule has 17 heteroatoms. The van der Waals surface area contributed by atoms with Crippen LogP contribution in [0, 0.1) is 0 Å². The molecule has 0 aliphatic carbocycles. The average Bonchev–Trinajstić information content (AvgIpc) is 2.97. The fraction of sp³-hybridized carbons (Fsp3) is 0.429. The van der Waals surface area contributed by atoms with Gasteiger partial charge in [0.15, 0.2) is 18.5 Å². The van der Waals surface area contributed by atoms with Crippen molar-refractivity contribution >= 4 is 31.6 Å². The molecule has 0 unspecified atom stereocenters. The van der Waals surface area contributed by atoms with Crippen molar-refractivity contribution in [3.8, 4) is 0 Å². The van der Waals surface area contributed by atoms with Gasteiger partial charge >= 0.3 is 37.8 Å². The summed E-state index contributed by atoms with van der Waals surface area (Å²) in [7, 11) is -4.83. The van der Waals surface area contributed by atoms with Crippen LogP contribution in [0.25, 0.3) is 0 Å². The van der Waals surface area contributed by atoms with Crippen molar-refractivity contribution in [3.05, 3.63) is 71.8 Å². The molecule has 45 heavy (non-hydrogen) atoms. The van der Waals surface area contributed by atoms with E-state index < -0.39 is 75.1 Å². The van der Waals surface area contributed by atoms with Gasteiger partial charge < -0.3 is 24.3 Å². The van der Waals surface area contributed by atoms with Crippen molar-refractivity contribution in [2.75, 3.05) is 6.61 Å². The molecule has 1 aliphatic rings. The fourth-order valence-electron chi connectivity index (χ4n) is 4.06. The largest absolute Gasteiger partial charge is 0.477 e. The third-order valence-corrected chi connectivity index (χ3v) is 7.31. The van der Waals surface area contributed by atoms with Gasteiger partial charge in [0.05, 0.1) is 13.2 Å². The number of alkyl halides is 3. The molecular formula is C28H31F3NO12P. The lowest BCUT2D eigenvalue weighted by atomic mass is 9.96. The van der Waals surface area contributed by atoms with Gasteiger partial charge in [0, 0.05) is 20.8 Å². The second-order valence-electron chi connectivity index (χ2n) is 9.56. The van der Waals surface area contributed by atoms with E-state index in [2.05, 4.69) is 0 Å². The van der Waals surface area contributed by atoms with Crippen molar-refractivity contribution in [1.82, 2.24) is 5.32 Å². The molecule has 1 saturated heterocycles. The number of phosphoric ester groups is 1. The standard InChI is InChI=1S/C28H31F3NO12P/c1-17(33)38-16-22-24(41-18(2)34)25(42-19(3)35)23(32-27(36)28(29,30)31)26(43-22)44-45(37,39-14-20-10-6-4-7-11-20)40-15-21-12-8-5-9-13-21/h4-13,22-26H,14-16H2,1-3H3,(H,32,36)/t22-,23-,24-,25-,26+/m1/s1. The third kappa shape index (κ3) is 11.2. The number of amides is 1. The van der Waals surface area contributed by atoms with Crippen LogP contribution in [0.2, 0.25) is 0 Å². The smallest absolute Gasteiger partial charge is 0.463 e. The monoisotopic (exact) mass is 661 g/mol. The van der Waals surface area contributed by atoms with Gasteiger partial charge in [-0.2, -0.15) is 13.2 Å².